The van der Waals surface area contributed by atoms with E-state index in [0.717, 1.165) is 32.0 Å². The molecule has 1 N–H and O–H groups in total. The average Bonchev–Trinajstić information content (AvgIpc) is 3.52. The molecule has 0 unspecified atom stereocenters. The standard InChI is InChI=1S/C25H34N2/c1-3-4-8-17-26-25(16-12-21-9-6-5-7-10-21)24-15-11-22(18-20(24)2)19-27-23-13-14-23/h5-7,9-11,15,18,23,27H,3-4,8,12-14,16-17,19H2,1-2H3. The van der Waals surface area contributed by atoms with Crippen LogP contribution >= 0.6 is 0 Å². The van der Waals surface area contributed by atoms with Crippen LogP contribution in [-0.4, -0.2) is 18.3 Å². The number of nitrogens with one attached hydrogen (secondary N) is 1. The minimum Gasteiger partial charge on any atom is -0.310 e. The summed E-state index contributed by atoms with van der Waals surface area (Å²) in [6.45, 7) is 6.42. The Kier molecular flexibility index (Phi) is 7.65. The average molecular weight is 363 g/mol. The highest BCUT2D eigenvalue weighted by Gasteiger charge is 2.20. The molecule has 1 aliphatic rings. The smallest absolute Gasteiger partial charge is 0.0426 e. The van der Waals surface area contributed by atoms with E-state index in [0.29, 0.717) is 0 Å². The summed E-state index contributed by atoms with van der Waals surface area (Å²) < 4.78 is 0. The maximum absolute atomic E-state index is 5.02. The molecule has 3 rings (SSSR count). The van der Waals surface area contributed by atoms with Crippen molar-refractivity contribution in [2.75, 3.05) is 6.54 Å². The van der Waals surface area contributed by atoms with Crippen molar-refractivity contribution in [2.24, 2.45) is 4.99 Å². The number of benzene rings is 2. The van der Waals surface area contributed by atoms with Gasteiger partial charge in [-0.15, -0.1) is 0 Å². The lowest BCUT2D eigenvalue weighted by molar-refractivity contribution is 0.687. The molecule has 0 heterocycles. The van der Waals surface area contributed by atoms with Gasteiger partial charge in [-0.1, -0.05) is 68.3 Å². The molecule has 1 aliphatic carbocycles. The first kappa shape index (κ1) is 19.8. The van der Waals surface area contributed by atoms with Crippen molar-refractivity contribution in [1.82, 2.24) is 5.32 Å². The summed E-state index contributed by atoms with van der Waals surface area (Å²) in [5.41, 5.74) is 6.73. The second-order valence-electron chi connectivity index (χ2n) is 7.83. The molecule has 27 heavy (non-hydrogen) atoms. The predicted octanol–water partition coefficient (Wildman–Crippen LogP) is 5.86. The molecule has 0 aliphatic heterocycles. The summed E-state index contributed by atoms with van der Waals surface area (Å²) in [6, 6.07) is 18.4. The van der Waals surface area contributed by atoms with Gasteiger partial charge in [0.15, 0.2) is 0 Å². The first-order chi connectivity index (χ1) is 13.3. The van der Waals surface area contributed by atoms with Crippen molar-refractivity contribution < 1.29 is 0 Å². The molecule has 0 saturated heterocycles. The minimum atomic E-state index is 0.756. The van der Waals surface area contributed by atoms with Gasteiger partial charge in [0.05, 0.1) is 0 Å². The van der Waals surface area contributed by atoms with Crippen LogP contribution in [0.15, 0.2) is 53.5 Å². The monoisotopic (exact) mass is 362 g/mol. The van der Waals surface area contributed by atoms with E-state index in [1.807, 2.05) is 0 Å². The Bertz CT molecular complexity index is 729. The SMILES string of the molecule is CCCCCN=C(CCc1ccccc1)c1ccc(CNC2CC2)cc1C. The van der Waals surface area contributed by atoms with Crippen LogP contribution in [0.1, 0.15) is 67.7 Å². The van der Waals surface area contributed by atoms with E-state index >= 15 is 0 Å². The molecule has 0 amide bonds. The molecule has 2 heteroatoms. The molecule has 2 nitrogen and oxygen atoms in total. The highest BCUT2D eigenvalue weighted by Crippen LogP contribution is 2.21. The Balaban J connectivity index is 1.69. The number of rotatable bonds is 11. The molecule has 0 radical (unpaired) electrons. The molecule has 1 fully saturated rings. The number of unbranched alkanes of at least 4 members (excludes halogenated alkanes) is 2. The number of hydrogen-bond donors (Lipinski definition) is 1. The van der Waals surface area contributed by atoms with Crippen LogP contribution in [0.5, 0.6) is 0 Å². The maximum Gasteiger partial charge on any atom is 0.0426 e. The third kappa shape index (κ3) is 6.62. The molecule has 0 bridgehead atoms. The van der Waals surface area contributed by atoms with Gasteiger partial charge < -0.3 is 5.32 Å². The van der Waals surface area contributed by atoms with Gasteiger partial charge >= 0.3 is 0 Å². The van der Waals surface area contributed by atoms with E-state index < -0.39 is 0 Å². The fourth-order valence-electron chi connectivity index (χ4n) is 3.49. The van der Waals surface area contributed by atoms with Gasteiger partial charge in [-0.25, -0.2) is 0 Å². The highest BCUT2D eigenvalue weighted by molar-refractivity contribution is 6.02. The van der Waals surface area contributed by atoms with Crippen molar-refractivity contribution in [3.05, 3.63) is 70.8 Å². The molecule has 2 aromatic carbocycles. The predicted molar refractivity (Wildman–Crippen MR) is 117 cm³/mol. The van der Waals surface area contributed by atoms with Gasteiger partial charge in [0.1, 0.15) is 0 Å². The highest BCUT2D eigenvalue weighted by atomic mass is 14.9. The molecule has 1 saturated carbocycles. The van der Waals surface area contributed by atoms with Crippen LogP contribution in [0.4, 0.5) is 0 Å². The largest absolute Gasteiger partial charge is 0.310 e. The van der Waals surface area contributed by atoms with Crippen LogP contribution in [0.25, 0.3) is 0 Å². The van der Waals surface area contributed by atoms with E-state index in [4.69, 9.17) is 4.99 Å². The topological polar surface area (TPSA) is 24.4 Å². The summed E-state index contributed by atoms with van der Waals surface area (Å²) in [5, 5.41) is 3.61. The van der Waals surface area contributed by atoms with Crippen molar-refractivity contribution in [1.29, 1.82) is 0 Å². The molecular formula is C25H34N2. The Morgan fingerprint density at radius 2 is 1.85 bits per heavy atom. The lowest BCUT2D eigenvalue weighted by Gasteiger charge is -2.13. The van der Waals surface area contributed by atoms with Gasteiger partial charge in [-0.05, 0) is 61.3 Å². The number of nitrogens with zero attached hydrogens (tertiary/aromatic N) is 1. The van der Waals surface area contributed by atoms with E-state index in [1.54, 1.807) is 0 Å². The number of aliphatic imine (C=N–C) groups is 1. The van der Waals surface area contributed by atoms with Gasteiger partial charge in [0.25, 0.3) is 0 Å². The Hall–Kier alpha value is -1.93. The Morgan fingerprint density at radius 3 is 2.56 bits per heavy atom. The Morgan fingerprint density at radius 1 is 1.04 bits per heavy atom. The molecule has 0 spiro atoms. The normalized spacial score (nSPS) is 14.5. The van der Waals surface area contributed by atoms with Crippen LogP contribution in [0, 0.1) is 6.92 Å². The maximum atomic E-state index is 5.02. The van der Waals surface area contributed by atoms with Crippen LogP contribution in [0.3, 0.4) is 0 Å². The first-order valence-corrected chi connectivity index (χ1v) is 10.7. The van der Waals surface area contributed by atoms with Crippen molar-refractivity contribution >= 4 is 5.71 Å². The van der Waals surface area contributed by atoms with Crippen molar-refractivity contribution in [2.45, 2.75) is 71.4 Å². The fraction of sp³-hybridized carbons (Fsp3) is 0.480. The van der Waals surface area contributed by atoms with Crippen LogP contribution in [-0.2, 0) is 13.0 Å². The quantitative estimate of drug-likeness (QED) is 0.393. The molecule has 0 aromatic heterocycles. The third-order valence-corrected chi connectivity index (χ3v) is 5.33. The summed E-state index contributed by atoms with van der Waals surface area (Å²) in [7, 11) is 0. The lowest BCUT2D eigenvalue weighted by atomic mass is 9.96. The van der Waals surface area contributed by atoms with Crippen molar-refractivity contribution in [3.8, 4) is 0 Å². The second-order valence-corrected chi connectivity index (χ2v) is 7.83. The third-order valence-electron chi connectivity index (χ3n) is 5.33. The van der Waals surface area contributed by atoms with E-state index in [2.05, 4.69) is 67.7 Å². The van der Waals surface area contributed by atoms with Gasteiger partial charge in [-0.2, -0.15) is 0 Å². The van der Waals surface area contributed by atoms with E-state index in [1.165, 1.54) is 60.1 Å². The van der Waals surface area contributed by atoms with Gasteiger partial charge in [0, 0.05) is 24.8 Å². The first-order valence-electron chi connectivity index (χ1n) is 10.7. The zero-order chi connectivity index (χ0) is 18.9. The van der Waals surface area contributed by atoms with Gasteiger partial charge in [-0.3, -0.25) is 4.99 Å². The van der Waals surface area contributed by atoms with Gasteiger partial charge in [0.2, 0.25) is 0 Å². The minimum absolute atomic E-state index is 0.756. The zero-order valence-corrected chi connectivity index (χ0v) is 17.0. The lowest BCUT2D eigenvalue weighted by Crippen LogP contribution is -2.15. The number of aryl methyl sites for hydroxylation is 2. The second kappa shape index (κ2) is 10.4. The summed E-state index contributed by atoms with van der Waals surface area (Å²) in [6.07, 6.45) is 8.44. The molecule has 0 atom stereocenters. The Labute approximate surface area is 165 Å². The summed E-state index contributed by atoms with van der Waals surface area (Å²) in [5.74, 6) is 0. The summed E-state index contributed by atoms with van der Waals surface area (Å²) in [4.78, 5) is 5.02. The molecule has 2 aromatic rings. The van der Waals surface area contributed by atoms with Crippen LogP contribution < -0.4 is 5.32 Å². The fourth-order valence-corrected chi connectivity index (χ4v) is 3.49. The number of hydrogen-bond acceptors (Lipinski definition) is 2. The molecular weight excluding hydrogens is 328 g/mol. The molecule has 144 valence electrons. The summed E-state index contributed by atoms with van der Waals surface area (Å²) >= 11 is 0. The van der Waals surface area contributed by atoms with Crippen LogP contribution in [0.2, 0.25) is 0 Å². The zero-order valence-electron chi connectivity index (χ0n) is 17.0. The van der Waals surface area contributed by atoms with E-state index in [-0.39, 0.29) is 0 Å². The van der Waals surface area contributed by atoms with E-state index in [9.17, 15) is 0 Å². The van der Waals surface area contributed by atoms with Crippen molar-refractivity contribution in [3.63, 3.8) is 0 Å².